The number of hydrogen-bond acceptors (Lipinski definition) is 3. The number of rotatable bonds is 3. The summed E-state index contributed by atoms with van der Waals surface area (Å²) in [5, 5.41) is 3.50. The van der Waals surface area contributed by atoms with Crippen LogP contribution in [0.25, 0.3) is 11.0 Å². The maximum atomic E-state index is 13.2. The van der Waals surface area contributed by atoms with E-state index in [1.165, 1.54) is 12.1 Å². The zero-order chi connectivity index (χ0) is 13.6. The molecule has 1 amide bonds. The average Bonchev–Trinajstić information content (AvgIpc) is 3.06. The van der Waals surface area contributed by atoms with Gasteiger partial charge in [-0.3, -0.25) is 4.79 Å². The molecule has 1 aliphatic carbocycles. The summed E-state index contributed by atoms with van der Waals surface area (Å²) in [6.07, 6.45) is 1.45. The maximum Gasteiger partial charge on any atom is 0.240 e. The minimum absolute atomic E-state index is 0.154. The monoisotopic (exact) mass is 262 g/mol. The zero-order valence-corrected chi connectivity index (χ0v) is 10.6. The second kappa shape index (κ2) is 4.06. The van der Waals surface area contributed by atoms with Crippen LogP contribution in [0.4, 0.5) is 4.39 Å². The average molecular weight is 262 g/mol. The molecular weight excluding hydrogens is 247 g/mol. The number of fused-ring (bicyclic) bond motifs is 1. The van der Waals surface area contributed by atoms with Gasteiger partial charge in [0, 0.05) is 10.9 Å². The SMILES string of the molecule is Cc1c(CNC(=O)C2(N)CC2)oc2ccc(F)cc12. The van der Waals surface area contributed by atoms with Gasteiger partial charge in [-0.2, -0.15) is 0 Å². The summed E-state index contributed by atoms with van der Waals surface area (Å²) in [4.78, 5) is 11.7. The van der Waals surface area contributed by atoms with E-state index in [0.717, 1.165) is 23.8 Å². The number of carbonyl (C=O) groups is 1. The molecular formula is C14H15FN2O2. The highest BCUT2D eigenvalue weighted by Crippen LogP contribution is 2.32. The molecule has 4 nitrogen and oxygen atoms in total. The lowest BCUT2D eigenvalue weighted by atomic mass is 10.1. The molecule has 3 rings (SSSR count). The molecule has 1 fully saturated rings. The smallest absolute Gasteiger partial charge is 0.240 e. The number of halogens is 1. The molecule has 0 saturated heterocycles. The van der Waals surface area contributed by atoms with Crippen molar-refractivity contribution in [2.75, 3.05) is 0 Å². The Hall–Kier alpha value is -1.88. The summed E-state index contributed by atoms with van der Waals surface area (Å²) in [6.45, 7) is 2.13. The van der Waals surface area contributed by atoms with Gasteiger partial charge < -0.3 is 15.5 Å². The van der Waals surface area contributed by atoms with Gasteiger partial charge in [0.2, 0.25) is 5.91 Å². The predicted molar refractivity (Wildman–Crippen MR) is 68.9 cm³/mol. The quantitative estimate of drug-likeness (QED) is 0.888. The normalized spacial score (nSPS) is 16.6. The van der Waals surface area contributed by atoms with E-state index >= 15 is 0 Å². The third kappa shape index (κ3) is 2.10. The first kappa shape index (κ1) is 12.2. The van der Waals surface area contributed by atoms with E-state index in [-0.39, 0.29) is 18.3 Å². The van der Waals surface area contributed by atoms with Crippen molar-refractivity contribution in [1.82, 2.24) is 5.32 Å². The molecule has 1 aromatic heterocycles. The summed E-state index contributed by atoms with van der Waals surface area (Å²) in [5.74, 6) is 0.183. The summed E-state index contributed by atoms with van der Waals surface area (Å²) < 4.78 is 18.8. The summed E-state index contributed by atoms with van der Waals surface area (Å²) in [6, 6.07) is 4.38. The molecule has 0 aliphatic heterocycles. The standard InChI is InChI=1S/C14H15FN2O2/c1-8-10-6-9(15)2-3-11(10)19-12(8)7-17-13(18)14(16)4-5-14/h2-3,6H,4-5,7,16H2,1H3,(H,17,18). The van der Waals surface area contributed by atoms with Crippen molar-refractivity contribution in [3.8, 4) is 0 Å². The van der Waals surface area contributed by atoms with Crippen LogP contribution in [0, 0.1) is 12.7 Å². The highest BCUT2D eigenvalue weighted by atomic mass is 19.1. The molecule has 1 heterocycles. The van der Waals surface area contributed by atoms with Crippen LogP contribution in [0.2, 0.25) is 0 Å². The lowest BCUT2D eigenvalue weighted by molar-refractivity contribution is -0.123. The number of amides is 1. The first-order valence-electron chi connectivity index (χ1n) is 6.24. The molecule has 0 atom stereocenters. The molecule has 100 valence electrons. The van der Waals surface area contributed by atoms with Gasteiger partial charge in [0.1, 0.15) is 17.2 Å². The topological polar surface area (TPSA) is 68.3 Å². The largest absolute Gasteiger partial charge is 0.459 e. The summed E-state index contributed by atoms with van der Waals surface area (Å²) in [7, 11) is 0. The van der Waals surface area contributed by atoms with E-state index in [1.807, 2.05) is 6.92 Å². The van der Waals surface area contributed by atoms with Crippen LogP contribution >= 0.6 is 0 Å². The van der Waals surface area contributed by atoms with E-state index in [1.54, 1.807) is 6.07 Å². The Labute approximate surface area is 109 Å². The van der Waals surface area contributed by atoms with Crippen molar-refractivity contribution in [2.24, 2.45) is 5.73 Å². The lowest BCUT2D eigenvalue weighted by Crippen LogP contribution is -2.42. The molecule has 0 radical (unpaired) electrons. The number of nitrogens with two attached hydrogens (primary N) is 1. The second-order valence-corrected chi connectivity index (χ2v) is 5.13. The fourth-order valence-corrected chi connectivity index (χ4v) is 2.11. The Morgan fingerprint density at radius 2 is 2.26 bits per heavy atom. The number of aryl methyl sites for hydroxylation is 1. The molecule has 1 saturated carbocycles. The van der Waals surface area contributed by atoms with Crippen molar-refractivity contribution in [2.45, 2.75) is 31.8 Å². The Morgan fingerprint density at radius 3 is 2.95 bits per heavy atom. The van der Waals surface area contributed by atoms with E-state index in [2.05, 4.69) is 5.32 Å². The highest BCUT2D eigenvalue weighted by molar-refractivity contribution is 5.89. The Balaban J connectivity index is 1.81. The first-order chi connectivity index (χ1) is 8.99. The Morgan fingerprint density at radius 1 is 1.53 bits per heavy atom. The van der Waals surface area contributed by atoms with Gasteiger partial charge in [-0.25, -0.2) is 4.39 Å². The molecule has 0 spiro atoms. The van der Waals surface area contributed by atoms with Gasteiger partial charge in [-0.05, 0) is 38.0 Å². The number of carbonyl (C=O) groups excluding carboxylic acids is 1. The van der Waals surface area contributed by atoms with Crippen LogP contribution < -0.4 is 11.1 Å². The molecule has 19 heavy (non-hydrogen) atoms. The highest BCUT2D eigenvalue weighted by Gasteiger charge is 2.45. The number of nitrogens with one attached hydrogen (secondary N) is 1. The Bertz CT molecular complexity index is 659. The van der Waals surface area contributed by atoms with Crippen LogP contribution in [-0.4, -0.2) is 11.4 Å². The van der Waals surface area contributed by atoms with Crippen LogP contribution in [0.1, 0.15) is 24.2 Å². The van der Waals surface area contributed by atoms with Gasteiger partial charge >= 0.3 is 0 Å². The van der Waals surface area contributed by atoms with Crippen molar-refractivity contribution in [1.29, 1.82) is 0 Å². The number of furan rings is 1. The van der Waals surface area contributed by atoms with Gasteiger partial charge in [-0.15, -0.1) is 0 Å². The zero-order valence-electron chi connectivity index (χ0n) is 10.6. The fourth-order valence-electron chi connectivity index (χ4n) is 2.11. The summed E-state index contributed by atoms with van der Waals surface area (Å²) >= 11 is 0. The van der Waals surface area contributed by atoms with Gasteiger partial charge in [0.15, 0.2) is 0 Å². The number of benzene rings is 1. The molecule has 1 aromatic carbocycles. The first-order valence-corrected chi connectivity index (χ1v) is 6.24. The van der Waals surface area contributed by atoms with Gasteiger partial charge in [0.05, 0.1) is 12.1 Å². The van der Waals surface area contributed by atoms with Crippen LogP contribution in [0.3, 0.4) is 0 Å². The third-order valence-electron chi connectivity index (χ3n) is 3.65. The lowest BCUT2D eigenvalue weighted by Gasteiger charge is -2.08. The van der Waals surface area contributed by atoms with Crippen molar-refractivity contribution >= 4 is 16.9 Å². The van der Waals surface area contributed by atoms with Crippen LogP contribution in [-0.2, 0) is 11.3 Å². The van der Waals surface area contributed by atoms with Crippen LogP contribution in [0.15, 0.2) is 22.6 Å². The molecule has 1 aliphatic rings. The van der Waals surface area contributed by atoms with Crippen molar-refractivity contribution in [3.63, 3.8) is 0 Å². The van der Waals surface area contributed by atoms with Crippen molar-refractivity contribution < 1.29 is 13.6 Å². The van der Waals surface area contributed by atoms with E-state index in [9.17, 15) is 9.18 Å². The van der Waals surface area contributed by atoms with E-state index in [4.69, 9.17) is 10.2 Å². The van der Waals surface area contributed by atoms with Crippen LogP contribution in [0.5, 0.6) is 0 Å². The second-order valence-electron chi connectivity index (χ2n) is 5.13. The molecule has 0 bridgehead atoms. The third-order valence-corrected chi connectivity index (χ3v) is 3.65. The molecule has 3 N–H and O–H groups in total. The van der Waals surface area contributed by atoms with E-state index < -0.39 is 5.54 Å². The predicted octanol–water partition coefficient (Wildman–Crippen LogP) is 1.99. The summed E-state index contributed by atoms with van der Waals surface area (Å²) in [5.41, 5.74) is 6.57. The number of hydrogen-bond donors (Lipinski definition) is 2. The van der Waals surface area contributed by atoms with E-state index in [0.29, 0.717) is 11.3 Å². The Kier molecular flexibility index (Phi) is 2.60. The fraction of sp³-hybridized carbons (Fsp3) is 0.357. The van der Waals surface area contributed by atoms with Gasteiger partial charge in [0.25, 0.3) is 0 Å². The minimum atomic E-state index is -0.688. The minimum Gasteiger partial charge on any atom is -0.459 e. The molecule has 5 heteroatoms. The molecule has 2 aromatic rings. The maximum absolute atomic E-state index is 13.2. The van der Waals surface area contributed by atoms with Gasteiger partial charge in [-0.1, -0.05) is 0 Å². The van der Waals surface area contributed by atoms with Crippen molar-refractivity contribution in [3.05, 3.63) is 35.3 Å². The molecule has 0 unspecified atom stereocenters.